The second-order valence-electron chi connectivity index (χ2n) is 20.9. The molecule has 2 N–H and O–H groups in total. The Morgan fingerprint density at radius 2 is 0.384 bits per heavy atom. The molecule has 0 aliphatic heterocycles. The van der Waals surface area contributed by atoms with Gasteiger partial charge in [0.05, 0.1) is 225 Å². The summed E-state index contributed by atoms with van der Waals surface area (Å²) in [5, 5.41) is 17.4. The van der Waals surface area contributed by atoms with E-state index in [0.717, 1.165) is 38.5 Å². The topological polar surface area (TPSA) is 229 Å². The van der Waals surface area contributed by atoms with E-state index in [9.17, 15) is 9.59 Å². The van der Waals surface area contributed by atoms with E-state index in [1.807, 2.05) is 9.80 Å². The SMILES string of the molecule is CCCCCCCCCCCCC(=O)N(CCOCCOCCOCCOCCOCCOCCOCCOCCO)CCN(CCOCCOCCOCCOCCOCCOCCOCCOCCO)C(=O)CCCCCCCCCCCC. The summed E-state index contributed by atoms with van der Waals surface area (Å²) >= 11 is 0. The molecular weight excluding hydrogens is 1120 g/mol. The van der Waals surface area contributed by atoms with E-state index in [0.29, 0.717) is 250 Å². The highest BCUT2D eigenvalue weighted by atomic mass is 16.6. The molecule has 86 heavy (non-hydrogen) atoms. The molecule has 0 fully saturated rings. The van der Waals surface area contributed by atoms with Gasteiger partial charge in [-0.1, -0.05) is 129 Å². The summed E-state index contributed by atoms with van der Waals surface area (Å²) < 4.78 is 88.9. The van der Waals surface area contributed by atoms with E-state index in [2.05, 4.69) is 13.8 Å². The minimum atomic E-state index is 0.0109. The van der Waals surface area contributed by atoms with Crippen LogP contribution in [0.4, 0.5) is 0 Å². The van der Waals surface area contributed by atoms with Crippen molar-refractivity contribution in [2.75, 3.05) is 251 Å². The summed E-state index contributed by atoms with van der Waals surface area (Å²) in [6.07, 6.45) is 25.1. The first-order chi connectivity index (χ1) is 42.6. The van der Waals surface area contributed by atoms with Crippen LogP contribution in [0.3, 0.4) is 0 Å². The summed E-state index contributed by atoms with van der Waals surface area (Å²) in [5.74, 6) is 0.208. The summed E-state index contributed by atoms with van der Waals surface area (Å²) in [6, 6.07) is 0. The van der Waals surface area contributed by atoms with Crippen LogP contribution < -0.4 is 0 Å². The highest BCUT2D eigenvalue weighted by Gasteiger charge is 2.19. The number of hydrogen-bond acceptors (Lipinski definition) is 20. The zero-order chi connectivity index (χ0) is 62.0. The average Bonchev–Trinajstić information content (AvgIpc) is 3.65. The Morgan fingerprint density at radius 3 is 0.570 bits per heavy atom. The lowest BCUT2D eigenvalue weighted by Crippen LogP contribution is -2.43. The van der Waals surface area contributed by atoms with Crippen molar-refractivity contribution in [3.63, 3.8) is 0 Å². The van der Waals surface area contributed by atoms with Gasteiger partial charge in [-0.3, -0.25) is 9.59 Å². The highest BCUT2D eigenvalue weighted by molar-refractivity contribution is 5.77. The lowest BCUT2D eigenvalue weighted by molar-refractivity contribution is -0.136. The molecule has 0 aliphatic rings. The predicted molar refractivity (Wildman–Crippen MR) is 333 cm³/mol. The van der Waals surface area contributed by atoms with E-state index in [-0.39, 0.29) is 25.0 Å². The van der Waals surface area contributed by atoms with Crippen LogP contribution in [0.1, 0.15) is 155 Å². The molecule has 0 atom stereocenters. The van der Waals surface area contributed by atoms with Crippen LogP contribution in [-0.2, 0) is 85.4 Å². The summed E-state index contributed by atoms with van der Waals surface area (Å²) in [5.41, 5.74) is 0. The number of aliphatic hydroxyl groups is 2. The number of carbonyl (C=O) groups is 2. The van der Waals surface area contributed by atoms with Crippen molar-refractivity contribution in [3.8, 4) is 0 Å². The van der Waals surface area contributed by atoms with Crippen LogP contribution in [0, 0.1) is 0 Å². The molecule has 0 spiro atoms. The fraction of sp³-hybridized carbons (Fsp3) is 0.969. The second-order valence-corrected chi connectivity index (χ2v) is 20.9. The Labute approximate surface area is 521 Å². The van der Waals surface area contributed by atoms with Gasteiger partial charge in [0, 0.05) is 39.0 Å². The van der Waals surface area contributed by atoms with Crippen molar-refractivity contribution < 1.29 is 95.6 Å². The monoisotopic (exact) mass is 1240 g/mol. The molecule has 0 bridgehead atoms. The first kappa shape index (κ1) is 84.2. The first-order valence-corrected chi connectivity index (χ1v) is 33.6. The molecule has 0 aromatic carbocycles. The van der Waals surface area contributed by atoms with Crippen molar-refractivity contribution in [3.05, 3.63) is 0 Å². The maximum absolute atomic E-state index is 13.8. The van der Waals surface area contributed by atoms with Gasteiger partial charge < -0.3 is 95.8 Å². The van der Waals surface area contributed by atoms with Gasteiger partial charge in [0.15, 0.2) is 0 Å². The number of unbranched alkanes of at least 4 members (excludes halogenated alkanes) is 18. The fourth-order valence-electron chi connectivity index (χ4n) is 8.57. The van der Waals surface area contributed by atoms with Crippen LogP contribution in [0.2, 0.25) is 0 Å². The molecule has 0 radical (unpaired) electrons. The highest BCUT2D eigenvalue weighted by Crippen LogP contribution is 2.14. The average molecular weight is 1250 g/mol. The number of hydrogen-bond donors (Lipinski definition) is 2. The molecule has 0 saturated carbocycles. The Morgan fingerprint density at radius 1 is 0.221 bits per heavy atom. The molecule has 514 valence electrons. The zero-order valence-electron chi connectivity index (χ0n) is 54.6. The first-order valence-electron chi connectivity index (χ1n) is 33.6. The Bertz CT molecular complexity index is 1210. The molecule has 22 heteroatoms. The molecule has 0 aliphatic carbocycles. The van der Waals surface area contributed by atoms with Gasteiger partial charge in [0.2, 0.25) is 11.8 Å². The van der Waals surface area contributed by atoms with Gasteiger partial charge in [0.25, 0.3) is 0 Å². The number of nitrogens with zero attached hydrogens (tertiary/aromatic N) is 2. The molecule has 2 amide bonds. The van der Waals surface area contributed by atoms with E-state index in [4.69, 9.17) is 86.0 Å². The number of ether oxygens (including phenoxy) is 16. The smallest absolute Gasteiger partial charge is 0.222 e. The molecule has 0 heterocycles. The lowest BCUT2D eigenvalue weighted by Gasteiger charge is -2.28. The van der Waals surface area contributed by atoms with Crippen molar-refractivity contribution in [2.45, 2.75) is 155 Å². The summed E-state index contributed by atoms with van der Waals surface area (Å²) in [6.45, 7) is 20.5. The lowest BCUT2D eigenvalue weighted by atomic mass is 10.1. The Kier molecular flexibility index (Phi) is 74.1. The number of rotatable bonds is 77. The zero-order valence-corrected chi connectivity index (χ0v) is 54.6. The number of aliphatic hydroxyl groups excluding tert-OH is 2. The number of carbonyl (C=O) groups excluding carboxylic acids is 2. The fourth-order valence-corrected chi connectivity index (χ4v) is 8.57. The summed E-state index contributed by atoms with van der Waals surface area (Å²) in [7, 11) is 0. The van der Waals surface area contributed by atoms with E-state index >= 15 is 0 Å². The van der Waals surface area contributed by atoms with Gasteiger partial charge in [-0.05, 0) is 12.8 Å². The van der Waals surface area contributed by atoms with E-state index < -0.39 is 0 Å². The molecule has 0 aromatic heterocycles. The molecule has 0 aromatic rings. The van der Waals surface area contributed by atoms with Crippen LogP contribution in [-0.4, -0.2) is 283 Å². The summed E-state index contributed by atoms with van der Waals surface area (Å²) in [4.78, 5) is 31.4. The van der Waals surface area contributed by atoms with Gasteiger partial charge in [0.1, 0.15) is 0 Å². The third-order valence-corrected chi connectivity index (χ3v) is 13.5. The quantitative estimate of drug-likeness (QED) is 0.0561. The van der Waals surface area contributed by atoms with Gasteiger partial charge in [-0.15, -0.1) is 0 Å². The second kappa shape index (κ2) is 75.7. The van der Waals surface area contributed by atoms with Gasteiger partial charge in [-0.2, -0.15) is 0 Å². The van der Waals surface area contributed by atoms with Crippen molar-refractivity contribution in [1.82, 2.24) is 9.80 Å². The Hall–Kier alpha value is -1.78. The standard InChI is InChI=1S/C64H128N2O20/c1-3-5-7-9-11-13-15-17-19-21-23-63(69)65(27-31-71-35-39-75-43-47-79-51-55-83-59-61-85-57-53-81-49-45-77-41-37-73-33-29-67)25-26-66(64(70)24-22-20-18-16-14-12-10-8-6-4-2)28-32-72-36-40-76-44-48-80-52-56-84-60-62-86-58-54-82-50-46-78-42-38-74-34-30-68/h67-68H,3-62H2,1-2H3. The van der Waals surface area contributed by atoms with Gasteiger partial charge >= 0.3 is 0 Å². The largest absolute Gasteiger partial charge is 0.394 e. The Balaban J connectivity index is 4.74. The molecule has 22 nitrogen and oxygen atoms in total. The van der Waals surface area contributed by atoms with Crippen LogP contribution in [0.25, 0.3) is 0 Å². The van der Waals surface area contributed by atoms with Crippen molar-refractivity contribution >= 4 is 11.8 Å². The van der Waals surface area contributed by atoms with Crippen molar-refractivity contribution in [1.29, 1.82) is 0 Å². The normalized spacial score (nSPS) is 11.6. The number of amides is 2. The van der Waals surface area contributed by atoms with E-state index in [1.165, 1.54) is 89.9 Å². The van der Waals surface area contributed by atoms with Gasteiger partial charge in [-0.25, -0.2) is 0 Å². The minimum absolute atomic E-state index is 0.0109. The molecule has 0 rings (SSSR count). The minimum Gasteiger partial charge on any atom is -0.394 e. The molecule has 0 saturated heterocycles. The van der Waals surface area contributed by atoms with E-state index in [1.54, 1.807) is 0 Å². The maximum Gasteiger partial charge on any atom is 0.222 e. The molecule has 0 unspecified atom stereocenters. The maximum atomic E-state index is 13.8. The van der Waals surface area contributed by atoms with Crippen LogP contribution in [0.5, 0.6) is 0 Å². The third-order valence-electron chi connectivity index (χ3n) is 13.5. The van der Waals surface area contributed by atoms with Crippen LogP contribution in [0.15, 0.2) is 0 Å². The molecular formula is C64H128N2O20. The third kappa shape index (κ3) is 68.1. The predicted octanol–water partition coefficient (Wildman–Crippen LogP) is 7.52. The van der Waals surface area contributed by atoms with Crippen molar-refractivity contribution in [2.24, 2.45) is 0 Å². The van der Waals surface area contributed by atoms with Crippen LogP contribution >= 0.6 is 0 Å².